The molecule has 1 unspecified atom stereocenters. The van der Waals surface area contributed by atoms with Crippen LogP contribution in [0.25, 0.3) is 0 Å². The first-order valence-corrected chi connectivity index (χ1v) is 13.3. The number of aliphatic hydroxyl groups excluding tert-OH is 5. The Kier molecular flexibility index (Phi) is 9.36. The SMILES string of the molecule is O=C(N[C@@H]1O[C@H](CO)[C@@H](O[C@H]2O[C@@H]3COC(c4ccccc4)O[C@H]3[C@H](O)[C@H]2O)[C@H](O)[C@H]1O)c1ccc(Cl)c([N+](=O)[O-])c1. The molecule has 0 radical (unpaired) electrons. The smallest absolute Gasteiger partial charge is 0.288 e. The Hall–Kier alpha value is -2.80. The van der Waals surface area contributed by atoms with Crippen LogP contribution < -0.4 is 5.32 Å². The summed E-state index contributed by atoms with van der Waals surface area (Å²) in [6.07, 6.45) is -15.3. The number of benzene rings is 2. The van der Waals surface area contributed by atoms with Gasteiger partial charge in [0.05, 0.1) is 18.1 Å². The van der Waals surface area contributed by atoms with Crippen molar-refractivity contribution in [1.82, 2.24) is 5.32 Å². The number of nitro groups is 1. The van der Waals surface area contributed by atoms with Crippen LogP contribution in [-0.4, -0.2) is 111 Å². The molecule has 6 N–H and O–H groups in total. The molecule has 3 aliphatic heterocycles. The number of carbonyl (C=O) groups excluding carboxylic acids is 1. The van der Waals surface area contributed by atoms with Crippen molar-refractivity contribution in [2.24, 2.45) is 0 Å². The zero-order valence-corrected chi connectivity index (χ0v) is 22.5. The fourth-order valence-corrected chi connectivity index (χ4v) is 5.19. The Morgan fingerprint density at radius 2 is 1.76 bits per heavy atom. The van der Waals surface area contributed by atoms with Crippen LogP contribution in [0, 0.1) is 10.1 Å². The molecule has 16 heteroatoms. The van der Waals surface area contributed by atoms with Gasteiger partial charge in [-0.15, -0.1) is 0 Å². The monoisotopic (exact) mass is 612 g/mol. The van der Waals surface area contributed by atoms with Crippen LogP contribution in [0.2, 0.25) is 5.02 Å². The van der Waals surface area contributed by atoms with Gasteiger partial charge in [0.25, 0.3) is 11.6 Å². The topological polar surface area (TPSA) is 220 Å². The molecule has 0 spiro atoms. The van der Waals surface area contributed by atoms with Crippen LogP contribution >= 0.6 is 11.6 Å². The Labute approximate surface area is 243 Å². The van der Waals surface area contributed by atoms with Crippen molar-refractivity contribution in [2.75, 3.05) is 13.2 Å². The molecule has 3 aliphatic rings. The molecule has 2 aromatic carbocycles. The maximum Gasteiger partial charge on any atom is 0.288 e. The molecule has 0 saturated carbocycles. The fraction of sp³-hybridized carbons (Fsp3) is 0.500. The highest BCUT2D eigenvalue weighted by molar-refractivity contribution is 6.32. The molecule has 0 aliphatic carbocycles. The van der Waals surface area contributed by atoms with Gasteiger partial charge in [-0.05, 0) is 12.1 Å². The molecular weight excluding hydrogens is 584 g/mol. The van der Waals surface area contributed by atoms with E-state index in [9.17, 15) is 40.4 Å². The van der Waals surface area contributed by atoms with Gasteiger partial charge in [-0.3, -0.25) is 14.9 Å². The van der Waals surface area contributed by atoms with Crippen LogP contribution in [-0.2, 0) is 23.7 Å². The van der Waals surface area contributed by atoms with E-state index >= 15 is 0 Å². The summed E-state index contributed by atoms with van der Waals surface area (Å²) in [4.78, 5) is 23.1. The van der Waals surface area contributed by atoms with E-state index < -0.39 is 90.8 Å². The van der Waals surface area contributed by atoms with Gasteiger partial charge in [0, 0.05) is 17.2 Å². The number of rotatable bonds is 7. The Bertz CT molecular complexity index is 1270. The lowest BCUT2D eigenvalue weighted by atomic mass is 9.96. The van der Waals surface area contributed by atoms with E-state index in [0.29, 0.717) is 5.56 Å². The van der Waals surface area contributed by atoms with E-state index in [1.165, 1.54) is 6.07 Å². The first-order valence-electron chi connectivity index (χ1n) is 13.0. The fourth-order valence-electron chi connectivity index (χ4n) is 5.00. The number of carbonyl (C=O) groups is 1. The molecule has 5 rings (SSSR count). The number of fused-ring (bicyclic) bond motifs is 1. The number of amides is 1. The predicted molar refractivity (Wildman–Crippen MR) is 139 cm³/mol. The second-order valence-electron chi connectivity index (χ2n) is 9.96. The number of ether oxygens (including phenoxy) is 5. The second kappa shape index (κ2) is 12.8. The number of nitro benzene ring substituents is 1. The van der Waals surface area contributed by atoms with E-state index in [4.69, 9.17) is 35.3 Å². The first-order chi connectivity index (χ1) is 20.1. The number of nitrogens with one attached hydrogen (secondary N) is 1. The van der Waals surface area contributed by atoms with Gasteiger partial charge >= 0.3 is 0 Å². The van der Waals surface area contributed by atoms with Gasteiger partial charge in [0.1, 0.15) is 53.9 Å². The zero-order chi connectivity index (χ0) is 30.1. The van der Waals surface area contributed by atoms with Crippen molar-refractivity contribution < 1.29 is 58.9 Å². The third-order valence-electron chi connectivity index (χ3n) is 7.24. The van der Waals surface area contributed by atoms with E-state index in [2.05, 4.69) is 5.32 Å². The average molecular weight is 613 g/mol. The number of hydrogen-bond acceptors (Lipinski definition) is 13. The molecule has 3 fully saturated rings. The van der Waals surface area contributed by atoms with Gasteiger partial charge < -0.3 is 54.5 Å². The van der Waals surface area contributed by atoms with Crippen molar-refractivity contribution in [1.29, 1.82) is 0 Å². The summed E-state index contributed by atoms with van der Waals surface area (Å²) >= 11 is 5.78. The van der Waals surface area contributed by atoms with Crippen LogP contribution in [0.5, 0.6) is 0 Å². The predicted octanol–water partition coefficient (Wildman–Crippen LogP) is -0.637. The van der Waals surface area contributed by atoms with E-state index in [1.54, 1.807) is 24.3 Å². The highest BCUT2D eigenvalue weighted by atomic mass is 35.5. The van der Waals surface area contributed by atoms with Gasteiger partial charge in [-0.1, -0.05) is 41.9 Å². The standard InChI is InChI=1S/C26H29ClN2O13/c27-13-7-6-12(8-14(13)29(36)37)23(35)28-24-19(33)17(31)21(15(9-30)39-24)42-26-20(34)18(32)22-16(40-26)10-38-25(41-22)11-4-2-1-3-5-11/h1-8,15-22,24-26,30-34H,9-10H2,(H,28,35)/t15-,16-,17-,18-,19-,20-,21-,22-,24-,25?,26-/m1/s1. The van der Waals surface area contributed by atoms with Gasteiger partial charge in [0.2, 0.25) is 0 Å². The minimum absolute atomic E-state index is 0.0272. The van der Waals surface area contributed by atoms with E-state index in [0.717, 1.165) is 12.1 Å². The Morgan fingerprint density at radius 3 is 2.45 bits per heavy atom. The van der Waals surface area contributed by atoms with Crippen LogP contribution in [0.15, 0.2) is 48.5 Å². The number of halogens is 1. The summed E-state index contributed by atoms with van der Waals surface area (Å²) in [5.41, 5.74) is 0.00850. The van der Waals surface area contributed by atoms with Crippen molar-refractivity contribution in [3.05, 3.63) is 74.8 Å². The quantitative estimate of drug-likeness (QED) is 0.169. The molecule has 11 atom stereocenters. The maximum atomic E-state index is 12.7. The number of hydrogen-bond donors (Lipinski definition) is 6. The molecule has 1 amide bonds. The van der Waals surface area contributed by atoms with Crippen molar-refractivity contribution in [3.8, 4) is 0 Å². The van der Waals surface area contributed by atoms with E-state index in [-0.39, 0.29) is 17.2 Å². The lowest BCUT2D eigenvalue weighted by Crippen LogP contribution is -2.67. The third-order valence-corrected chi connectivity index (χ3v) is 7.56. The summed E-state index contributed by atoms with van der Waals surface area (Å²) in [7, 11) is 0. The summed E-state index contributed by atoms with van der Waals surface area (Å²) in [5.74, 6) is -0.895. The third kappa shape index (κ3) is 6.13. The molecule has 2 aromatic rings. The first kappa shape index (κ1) is 30.7. The van der Waals surface area contributed by atoms with Crippen molar-refractivity contribution in [2.45, 2.75) is 67.6 Å². The lowest BCUT2D eigenvalue weighted by Gasteiger charge is -2.48. The minimum Gasteiger partial charge on any atom is -0.394 e. The number of aliphatic hydroxyl groups is 5. The number of nitrogens with zero attached hydrogens (tertiary/aromatic N) is 1. The van der Waals surface area contributed by atoms with Gasteiger partial charge in [-0.2, -0.15) is 0 Å². The highest BCUT2D eigenvalue weighted by Gasteiger charge is 2.53. The second-order valence-corrected chi connectivity index (χ2v) is 10.4. The summed E-state index contributed by atoms with van der Waals surface area (Å²) in [5, 5.41) is 66.3. The lowest BCUT2D eigenvalue weighted by molar-refractivity contribution is -0.384. The normalized spacial score (nSPS) is 36.6. The Morgan fingerprint density at radius 1 is 1.02 bits per heavy atom. The largest absolute Gasteiger partial charge is 0.394 e. The molecule has 3 heterocycles. The van der Waals surface area contributed by atoms with Gasteiger partial charge in [-0.25, -0.2) is 0 Å². The zero-order valence-electron chi connectivity index (χ0n) is 21.7. The summed E-state index contributed by atoms with van der Waals surface area (Å²) in [6.45, 7) is -0.782. The Balaban J connectivity index is 1.24. The molecule has 228 valence electrons. The molecule has 3 saturated heterocycles. The van der Waals surface area contributed by atoms with Crippen molar-refractivity contribution >= 4 is 23.2 Å². The minimum atomic E-state index is -1.81. The summed E-state index contributed by atoms with van der Waals surface area (Å²) < 4.78 is 28.6. The van der Waals surface area contributed by atoms with Gasteiger partial charge in [0.15, 0.2) is 18.8 Å². The van der Waals surface area contributed by atoms with Crippen LogP contribution in [0.3, 0.4) is 0 Å². The molecule has 0 bridgehead atoms. The van der Waals surface area contributed by atoms with E-state index in [1.807, 2.05) is 6.07 Å². The summed E-state index contributed by atoms with van der Waals surface area (Å²) in [6, 6.07) is 12.3. The maximum absolute atomic E-state index is 12.7. The average Bonchev–Trinajstić information content (AvgIpc) is 2.99. The molecule has 0 aromatic heterocycles. The highest BCUT2D eigenvalue weighted by Crippen LogP contribution is 2.36. The molecule has 15 nitrogen and oxygen atoms in total. The van der Waals surface area contributed by atoms with Crippen molar-refractivity contribution in [3.63, 3.8) is 0 Å². The van der Waals surface area contributed by atoms with Crippen LogP contribution in [0.4, 0.5) is 5.69 Å². The molecule has 42 heavy (non-hydrogen) atoms. The van der Waals surface area contributed by atoms with Crippen LogP contribution in [0.1, 0.15) is 22.2 Å². The molecular formula is C26H29ClN2O13.